The highest BCUT2D eigenvalue weighted by atomic mass is 35.5. The molecule has 0 radical (unpaired) electrons. The van der Waals surface area contributed by atoms with E-state index in [0.29, 0.717) is 23.0 Å². The summed E-state index contributed by atoms with van der Waals surface area (Å²) >= 11 is 5.82. The fourth-order valence-corrected chi connectivity index (χ4v) is 3.13. The maximum Gasteiger partial charge on any atom is 0.321 e. The van der Waals surface area contributed by atoms with Crippen molar-refractivity contribution in [3.63, 3.8) is 0 Å². The van der Waals surface area contributed by atoms with Crippen LogP contribution in [0.25, 0.3) is 0 Å². The molecule has 2 aromatic carbocycles. The Kier molecular flexibility index (Phi) is 4.31. The highest BCUT2D eigenvalue weighted by Crippen LogP contribution is 2.20. The summed E-state index contributed by atoms with van der Waals surface area (Å²) in [7, 11) is -1.37. The van der Waals surface area contributed by atoms with E-state index in [9.17, 15) is 9.00 Å². The Morgan fingerprint density at radius 3 is 2.36 bits per heavy atom. The van der Waals surface area contributed by atoms with E-state index in [2.05, 4.69) is 10.0 Å². The highest BCUT2D eigenvalue weighted by molar-refractivity contribution is 7.86. The average Bonchev–Trinajstić information content (AvgIpc) is 2.96. The third-order valence-electron chi connectivity index (χ3n) is 3.27. The van der Waals surface area contributed by atoms with Gasteiger partial charge in [0, 0.05) is 29.5 Å². The Labute approximate surface area is 135 Å². The molecule has 0 aliphatic carbocycles. The van der Waals surface area contributed by atoms with Crippen molar-refractivity contribution in [1.82, 2.24) is 5.32 Å². The molecular weight excluding hydrogens is 322 g/mol. The monoisotopic (exact) mass is 335 g/mol. The van der Waals surface area contributed by atoms with E-state index in [0.717, 1.165) is 11.4 Å². The zero-order chi connectivity index (χ0) is 15.5. The molecule has 2 amide bonds. The molecule has 0 saturated carbocycles. The van der Waals surface area contributed by atoms with Gasteiger partial charge in [-0.2, -0.15) is 0 Å². The fraction of sp³-hybridized carbons (Fsp3) is 0.133. The van der Waals surface area contributed by atoms with E-state index < -0.39 is 11.0 Å². The third-order valence-corrected chi connectivity index (χ3v) is 4.65. The normalized spacial score (nSPS) is 15.5. The number of hydrogen-bond donors (Lipinski definition) is 2. The van der Waals surface area contributed by atoms with Crippen LogP contribution < -0.4 is 14.9 Å². The van der Waals surface area contributed by atoms with E-state index in [4.69, 9.17) is 11.6 Å². The molecule has 1 atom stereocenters. The molecule has 2 N–H and O–H groups in total. The molecule has 7 heteroatoms. The number of nitrogens with one attached hydrogen (secondary N) is 2. The van der Waals surface area contributed by atoms with Crippen molar-refractivity contribution in [3.05, 3.63) is 53.6 Å². The number of nitrogens with zero attached hydrogens (tertiary/aromatic N) is 1. The number of halogens is 1. The molecule has 0 aromatic heterocycles. The van der Waals surface area contributed by atoms with Gasteiger partial charge in [-0.25, -0.2) is 9.00 Å². The van der Waals surface area contributed by atoms with Crippen LogP contribution in [0.15, 0.2) is 53.4 Å². The zero-order valence-corrected chi connectivity index (χ0v) is 13.2. The molecular formula is C15H14ClN3O2S. The zero-order valence-electron chi connectivity index (χ0n) is 11.6. The minimum absolute atomic E-state index is 0.104. The van der Waals surface area contributed by atoms with Gasteiger partial charge in [-0.1, -0.05) is 11.6 Å². The second-order valence-corrected chi connectivity index (χ2v) is 6.40. The largest absolute Gasteiger partial charge is 0.336 e. The number of rotatable bonds is 4. The summed E-state index contributed by atoms with van der Waals surface area (Å²) < 4.78 is 15.2. The minimum Gasteiger partial charge on any atom is -0.336 e. The second-order valence-electron chi connectivity index (χ2n) is 4.76. The molecule has 0 spiro atoms. The summed E-state index contributed by atoms with van der Waals surface area (Å²) in [6, 6.07) is 14.0. The first-order chi connectivity index (χ1) is 10.6. The van der Waals surface area contributed by atoms with Crippen LogP contribution in [0.4, 0.5) is 16.2 Å². The summed E-state index contributed by atoms with van der Waals surface area (Å²) in [6.45, 7) is 1.29. The number of amides is 2. The molecule has 1 unspecified atom stereocenters. The van der Waals surface area contributed by atoms with Gasteiger partial charge in [0.25, 0.3) is 0 Å². The lowest BCUT2D eigenvalue weighted by Crippen LogP contribution is -2.27. The number of carbonyl (C=O) groups is 1. The first-order valence-corrected chi connectivity index (χ1v) is 8.26. The lowest BCUT2D eigenvalue weighted by Gasteiger charge is -2.14. The molecule has 1 heterocycles. The number of anilines is 2. The van der Waals surface area contributed by atoms with Crippen LogP contribution in [0.3, 0.4) is 0 Å². The van der Waals surface area contributed by atoms with Crippen molar-refractivity contribution in [2.45, 2.75) is 4.90 Å². The average molecular weight is 336 g/mol. The van der Waals surface area contributed by atoms with Gasteiger partial charge in [0.1, 0.15) is 11.0 Å². The lowest BCUT2D eigenvalue weighted by atomic mass is 10.3. The van der Waals surface area contributed by atoms with E-state index in [1.807, 2.05) is 0 Å². The number of urea groups is 1. The van der Waals surface area contributed by atoms with Gasteiger partial charge < -0.3 is 10.0 Å². The van der Waals surface area contributed by atoms with Crippen molar-refractivity contribution in [2.24, 2.45) is 0 Å². The van der Waals surface area contributed by atoms with Crippen LogP contribution in [0.2, 0.25) is 5.02 Å². The van der Waals surface area contributed by atoms with Gasteiger partial charge in [0.15, 0.2) is 0 Å². The van der Waals surface area contributed by atoms with Crippen molar-refractivity contribution < 1.29 is 9.00 Å². The van der Waals surface area contributed by atoms with E-state index >= 15 is 0 Å². The number of benzene rings is 2. The van der Waals surface area contributed by atoms with E-state index in [1.165, 1.54) is 0 Å². The fourth-order valence-electron chi connectivity index (χ4n) is 2.15. The van der Waals surface area contributed by atoms with Crippen LogP contribution in [0.5, 0.6) is 0 Å². The molecule has 1 fully saturated rings. The highest BCUT2D eigenvalue weighted by Gasteiger charge is 2.20. The summed E-state index contributed by atoms with van der Waals surface area (Å²) in [5.74, 6) is 0. The molecule has 0 bridgehead atoms. The number of carbonyl (C=O) groups excluding carboxylic acids is 1. The Hall–Kier alpha value is -2.05. The van der Waals surface area contributed by atoms with Crippen LogP contribution in [0, 0.1) is 0 Å². The SMILES string of the molecule is O=C1NCCN1c1ccc(S(=O)Nc2ccc(Cl)cc2)cc1. The predicted molar refractivity (Wildman–Crippen MR) is 88.7 cm³/mol. The quantitative estimate of drug-likeness (QED) is 0.902. The Morgan fingerprint density at radius 1 is 1.09 bits per heavy atom. The smallest absolute Gasteiger partial charge is 0.321 e. The van der Waals surface area contributed by atoms with Crippen molar-refractivity contribution in [2.75, 3.05) is 22.7 Å². The Morgan fingerprint density at radius 2 is 1.77 bits per heavy atom. The van der Waals surface area contributed by atoms with Gasteiger partial charge in [-0.3, -0.25) is 4.90 Å². The molecule has 114 valence electrons. The topological polar surface area (TPSA) is 61.4 Å². The van der Waals surface area contributed by atoms with Crippen molar-refractivity contribution in [1.29, 1.82) is 0 Å². The minimum atomic E-state index is -1.37. The van der Waals surface area contributed by atoms with Crippen LogP contribution in [0.1, 0.15) is 0 Å². The molecule has 2 aromatic rings. The van der Waals surface area contributed by atoms with Gasteiger partial charge in [-0.15, -0.1) is 0 Å². The maximum absolute atomic E-state index is 12.3. The summed E-state index contributed by atoms with van der Waals surface area (Å²) in [6.07, 6.45) is 0. The van der Waals surface area contributed by atoms with Crippen molar-refractivity contribution >= 4 is 40.0 Å². The first-order valence-electron chi connectivity index (χ1n) is 6.73. The Bertz CT molecular complexity index is 704. The summed E-state index contributed by atoms with van der Waals surface area (Å²) in [5.41, 5.74) is 1.52. The third kappa shape index (κ3) is 3.23. The van der Waals surface area contributed by atoms with E-state index in [1.54, 1.807) is 53.4 Å². The van der Waals surface area contributed by atoms with E-state index in [-0.39, 0.29) is 6.03 Å². The predicted octanol–water partition coefficient (Wildman–Crippen LogP) is 3.00. The van der Waals surface area contributed by atoms with Gasteiger partial charge in [0.2, 0.25) is 0 Å². The summed E-state index contributed by atoms with van der Waals surface area (Å²) in [4.78, 5) is 13.9. The molecule has 3 rings (SSSR count). The van der Waals surface area contributed by atoms with Crippen LogP contribution >= 0.6 is 11.6 Å². The lowest BCUT2D eigenvalue weighted by molar-refractivity contribution is 0.252. The van der Waals surface area contributed by atoms with Gasteiger partial charge >= 0.3 is 6.03 Å². The molecule has 1 aliphatic rings. The maximum atomic E-state index is 12.3. The molecule has 5 nitrogen and oxygen atoms in total. The molecule has 22 heavy (non-hydrogen) atoms. The molecule has 1 aliphatic heterocycles. The van der Waals surface area contributed by atoms with Crippen LogP contribution in [-0.4, -0.2) is 23.3 Å². The van der Waals surface area contributed by atoms with Gasteiger partial charge in [0.05, 0.1) is 4.90 Å². The summed E-state index contributed by atoms with van der Waals surface area (Å²) in [5, 5.41) is 3.38. The standard InChI is InChI=1S/C15H14ClN3O2S/c16-11-1-3-12(4-2-11)18-22(21)14-7-5-13(6-8-14)19-10-9-17-15(19)20/h1-8,18H,9-10H2,(H,17,20). The number of hydrogen-bond acceptors (Lipinski definition) is 2. The van der Waals surface area contributed by atoms with Gasteiger partial charge in [-0.05, 0) is 48.5 Å². The van der Waals surface area contributed by atoms with Crippen LogP contribution in [-0.2, 0) is 11.0 Å². The second kappa shape index (κ2) is 6.37. The molecule has 1 saturated heterocycles. The Balaban J connectivity index is 1.70. The first kappa shape index (κ1) is 14.9. The van der Waals surface area contributed by atoms with Crippen molar-refractivity contribution in [3.8, 4) is 0 Å².